The van der Waals surface area contributed by atoms with Crippen molar-refractivity contribution in [3.8, 4) is 11.8 Å². The largest absolute Gasteiger partial charge is 0.395 e. The summed E-state index contributed by atoms with van der Waals surface area (Å²) in [5.41, 5.74) is 1.68. The van der Waals surface area contributed by atoms with E-state index in [1.165, 1.54) is 0 Å². The van der Waals surface area contributed by atoms with Gasteiger partial charge >= 0.3 is 0 Å². The first-order valence-corrected chi connectivity index (χ1v) is 6.69. The van der Waals surface area contributed by atoms with Gasteiger partial charge in [0.15, 0.2) is 0 Å². The molecule has 1 aromatic carbocycles. The van der Waals surface area contributed by atoms with Gasteiger partial charge in [-0.2, -0.15) is 0 Å². The quantitative estimate of drug-likeness (QED) is 0.857. The molecule has 0 bridgehead atoms. The number of aliphatic hydroxyl groups excluding tert-OH is 1. The molecule has 0 saturated heterocycles. The lowest BCUT2D eigenvalue weighted by Gasteiger charge is -2.08. The number of amides is 1. The van der Waals surface area contributed by atoms with Gasteiger partial charge in [-0.3, -0.25) is 9.78 Å². The summed E-state index contributed by atoms with van der Waals surface area (Å²) in [5, 5.41) is 12.0. The molecule has 0 spiro atoms. The molecule has 0 atom stereocenters. The Morgan fingerprint density at radius 2 is 2.05 bits per heavy atom. The van der Waals surface area contributed by atoms with Crippen LogP contribution in [-0.4, -0.2) is 22.6 Å². The van der Waals surface area contributed by atoms with Crippen LogP contribution in [0.2, 0.25) is 5.02 Å². The standard InChI is InChI=1S/C16H13ClN2O2/c17-14-5-4-12(3-1-2-10-20)15(11-14)19-16(21)13-6-8-18-9-7-13/h4-9,11,20H,2,10H2,(H,19,21). The Kier molecular flexibility index (Phi) is 5.33. The van der Waals surface area contributed by atoms with Gasteiger partial charge in [-0.05, 0) is 30.3 Å². The van der Waals surface area contributed by atoms with Crippen LogP contribution < -0.4 is 5.32 Å². The Labute approximate surface area is 127 Å². The maximum Gasteiger partial charge on any atom is 0.255 e. The molecule has 2 aromatic rings. The van der Waals surface area contributed by atoms with E-state index >= 15 is 0 Å². The second-order valence-electron chi connectivity index (χ2n) is 4.16. The van der Waals surface area contributed by atoms with Crippen molar-refractivity contribution in [2.75, 3.05) is 11.9 Å². The monoisotopic (exact) mass is 300 g/mol. The maximum absolute atomic E-state index is 12.1. The van der Waals surface area contributed by atoms with Crippen LogP contribution in [-0.2, 0) is 0 Å². The number of hydrogen-bond acceptors (Lipinski definition) is 3. The number of pyridine rings is 1. The Morgan fingerprint density at radius 3 is 2.76 bits per heavy atom. The topological polar surface area (TPSA) is 62.2 Å². The minimum Gasteiger partial charge on any atom is -0.395 e. The van der Waals surface area contributed by atoms with Crippen LogP contribution in [0.25, 0.3) is 0 Å². The lowest BCUT2D eigenvalue weighted by molar-refractivity contribution is 0.102. The minimum absolute atomic E-state index is 0.000697. The van der Waals surface area contributed by atoms with Crippen LogP contribution in [0, 0.1) is 11.8 Å². The van der Waals surface area contributed by atoms with Crippen molar-refractivity contribution in [3.63, 3.8) is 0 Å². The third-order valence-corrected chi connectivity index (χ3v) is 2.87. The molecule has 0 fully saturated rings. The Morgan fingerprint density at radius 1 is 1.29 bits per heavy atom. The van der Waals surface area contributed by atoms with E-state index in [4.69, 9.17) is 16.7 Å². The molecule has 4 nitrogen and oxygen atoms in total. The highest BCUT2D eigenvalue weighted by molar-refractivity contribution is 6.31. The lowest BCUT2D eigenvalue weighted by atomic mass is 10.1. The first-order valence-electron chi connectivity index (χ1n) is 6.31. The first-order chi connectivity index (χ1) is 10.2. The van der Waals surface area contributed by atoms with Crippen molar-refractivity contribution < 1.29 is 9.90 Å². The highest BCUT2D eigenvalue weighted by Crippen LogP contribution is 2.21. The SMILES string of the molecule is O=C(Nc1cc(Cl)ccc1C#CCCO)c1ccncc1. The molecule has 0 aliphatic rings. The molecule has 1 amide bonds. The van der Waals surface area contributed by atoms with Crippen molar-refractivity contribution in [2.24, 2.45) is 0 Å². The van der Waals surface area contributed by atoms with Gasteiger partial charge in [0.1, 0.15) is 0 Å². The van der Waals surface area contributed by atoms with Crippen molar-refractivity contribution in [1.29, 1.82) is 0 Å². The van der Waals surface area contributed by atoms with Gasteiger partial charge in [-0.15, -0.1) is 0 Å². The molecule has 0 aliphatic heterocycles. The second-order valence-corrected chi connectivity index (χ2v) is 4.59. The third-order valence-electron chi connectivity index (χ3n) is 2.63. The number of nitrogens with zero attached hydrogens (tertiary/aromatic N) is 1. The van der Waals surface area contributed by atoms with Crippen molar-refractivity contribution >= 4 is 23.2 Å². The Bertz CT molecular complexity index is 690. The molecule has 0 radical (unpaired) electrons. The van der Waals surface area contributed by atoms with Crippen LogP contribution in [0.3, 0.4) is 0 Å². The Hall–Kier alpha value is -2.35. The number of nitrogens with one attached hydrogen (secondary N) is 1. The minimum atomic E-state index is -0.259. The molecular weight excluding hydrogens is 288 g/mol. The molecule has 1 heterocycles. The molecule has 0 saturated carbocycles. The van der Waals surface area contributed by atoms with Crippen LogP contribution in [0.1, 0.15) is 22.3 Å². The van der Waals surface area contributed by atoms with E-state index < -0.39 is 0 Å². The highest BCUT2D eigenvalue weighted by Gasteiger charge is 2.08. The van der Waals surface area contributed by atoms with E-state index in [1.807, 2.05) is 0 Å². The smallest absolute Gasteiger partial charge is 0.255 e. The molecule has 0 aliphatic carbocycles. The number of rotatable bonds is 3. The number of aromatic nitrogens is 1. The molecule has 1 aromatic heterocycles. The van der Waals surface area contributed by atoms with Gasteiger partial charge < -0.3 is 10.4 Å². The van der Waals surface area contributed by atoms with E-state index in [1.54, 1.807) is 42.7 Å². The van der Waals surface area contributed by atoms with Crippen molar-refractivity contribution in [2.45, 2.75) is 6.42 Å². The Balaban J connectivity index is 2.25. The molecule has 2 rings (SSSR count). The highest BCUT2D eigenvalue weighted by atomic mass is 35.5. The van der Waals surface area contributed by atoms with E-state index in [0.29, 0.717) is 28.3 Å². The van der Waals surface area contributed by atoms with Gasteiger partial charge in [0.05, 0.1) is 12.3 Å². The van der Waals surface area contributed by atoms with Gasteiger partial charge in [0, 0.05) is 35.0 Å². The number of aliphatic hydroxyl groups is 1. The van der Waals surface area contributed by atoms with E-state index in [9.17, 15) is 4.79 Å². The fourth-order valence-corrected chi connectivity index (χ4v) is 1.81. The fraction of sp³-hybridized carbons (Fsp3) is 0.125. The summed E-state index contributed by atoms with van der Waals surface area (Å²) in [6, 6.07) is 8.32. The number of carbonyl (C=O) groups is 1. The summed E-state index contributed by atoms with van der Waals surface area (Å²) in [5.74, 6) is 5.46. The van der Waals surface area contributed by atoms with Crippen LogP contribution in [0.4, 0.5) is 5.69 Å². The van der Waals surface area contributed by atoms with Crippen molar-refractivity contribution in [3.05, 3.63) is 58.9 Å². The van der Waals surface area contributed by atoms with Gasteiger partial charge in [-0.25, -0.2) is 0 Å². The van der Waals surface area contributed by atoms with Crippen LogP contribution in [0.5, 0.6) is 0 Å². The van der Waals surface area contributed by atoms with Gasteiger partial charge in [0.25, 0.3) is 5.91 Å². The average Bonchev–Trinajstić information content (AvgIpc) is 2.50. The molecule has 2 N–H and O–H groups in total. The summed E-state index contributed by atoms with van der Waals surface area (Å²) < 4.78 is 0. The summed E-state index contributed by atoms with van der Waals surface area (Å²) >= 11 is 5.96. The maximum atomic E-state index is 12.1. The number of carbonyl (C=O) groups excluding carboxylic acids is 1. The molecule has 21 heavy (non-hydrogen) atoms. The summed E-state index contributed by atoms with van der Waals surface area (Å²) in [6.45, 7) is -0.000697. The third kappa shape index (κ3) is 4.32. The van der Waals surface area contributed by atoms with E-state index in [-0.39, 0.29) is 12.5 Å². The normalized spacial score (nSPS) is 9.62. The molecule has 5 heteroatoms. The zero-order chi connectivity index (χ0) is 15.1. The van der Waals surface area contributed by atoms with Gasteiger partial charge in [0.2, 0.25) is 0 Å². The fourth-order valence-electron chi connectivity index (χ4n) is 1.64. The summed E-state index contributed by atoms with van der Waals surface area (Å²) in [6.07, 6.45) is 3.48. The molecular formula is C16H13ClN2O2. The number of benzene rings is 1. The lowest BCUT2D eigenvalue weighted by Crippen LogP contribution is -2.12. The zero-order valence-electron chi connectivity index (χ0n) is 11.1. The van der Waals surface area contributed by atoms with Crippen molar-refractivity contribution in [1.82, 2.24) is 4.98 Å². The summed E-state index contributed by atoms with van der Waals surface area (Å²) in [4.78, 5) is 16.0. The first kappa shape index (κ1) is 15.0. The van der Waals surface area contributed by atoms with E-state index in [2.05, 4.69) is 22.1 Å². The molecule has 0 unspecified atom stereocenters. The number of hydrogen-bond donors (Lipinski definition) is 2. The van der Waals surface area contributed by atoms with E-state index in [0.717, 1.165) is 0 Å². The molecule has 106 valence electrons. The summed E-state index contributed by atoms with van der Waals surface area (Å²) in [7, 11) is 0. The van der Waals surface area contributed by atoms with Crippen LogP contribution in [0.15, 0.2) is 42.7 Å². The second kappa shape index (κ2) is 7.44. The predicted octanol–water partition coefficient (Wildman–Crippen LogP) is 2.72. The average molecular weight is 301 g/mol. The number of halogens is 1. The zero-order valence-corrected chi connectivity index (χ0v) is 11.9. The van der Waals surface area contributed by atoms with Crippen LogP contribution >= 0.6 is 11.6 Å². The van der Waals surface area contributed by atoms with Gasteiger partial charge in [-0.1, -0.05) is 23.4 Å². The predicted molar refractivity (Wildman–Crippen MR) is 82.2 cm³/mol. The number of anilines is 1.